The number of halogens is 1. The lowest BCUT2D eigenvalue weighted by Crippen LogP contribution is -2.37. The summed E-state index contributed by atoms with van der Waals surface area (Å²) in [5.74, 6) is 0.119. The molecule has 1 amide bonds. The first-order chi connectivity index (χ1) is 11.2. The predicted octanol–water partition coefficient (Wildman–Crippen LogP) is 2.20. The van der Waals surface area contributed by atoms with E-state index in [1.807, 2.05) is 29.4 Å². The summed E-state index contributed by atoms with van der Waals surface area (Å²) in [5.41, 5.74) is 0. The molecule has 0 aliphatic carbocycles. The van der Waals surface area contributed by atoms with Crippen molar-refractivity contribution in [2.45, 2.75) is 31.8 Å². The molecule has 1 aliphatic rings. The van der Waals surface area contributed by atoms with Crippen molar-refractivity contribution in [1.29, 1.82) is 0 Å². The summed E-state index contributed by atoms with van der Waals surface area (Å²) in [5, 5.41) is 3.04. The molecular weight excluding hydrogens is 295 g/mol. The van der Waals surface area contributed by atoms with Gasteiger partial charge in [0.25, 0.3) is 0 Å². The lowest BCUT2D eigenvalue weighted by Gasteiger charge is -2.18. The Kier molecular flexibility index (Phi) is 4.90. The van der Waals surface area contributed by atoms with E-state index >= 15 is 0 Å². The second-order valence-electron chi connectivity index (χ2n) is 5.83. The number of aryl methyl sites for hydroxylation is 1. The summed E-state index contributed by atoms with van der Waals surface area (Å²) in [6, 6.07) is 7.01. The molecule has 1 aliphatic heterocycles. The Morgan fingerprint density at radius 2 is 2.17 bits per heavy atom. The second-order valence-corrected chi connectivity index (χ2v) is 5.83. The molecule has 6 heteroatoms. The van der Waals surface area contributed by atoms with Crippen LogP contribution in [0.4, 0.5) is 10.2 Å². The molecule has 0 bridgehead atoms. The number of pyridine rings is 1. The van der Waals surface area contributed by atoms with Gasteiger partial charge in [0.2, 0.25) is 5.91 Å². The van der Waals surface area contributed by atoms with Gasteiger partial charge in [-0.1, -0.05) is 0 Å². The summed E-state index contributed by atoms with van der Waals surface area (Å²) >= 11 is 0. The topological polar surface area (TPSA) is 50.2 Å². The van der Waals surface area contributed by atoms with Crippen LogP contribution in [0.25, 0.3) is 0 Å². The number of carbonyl (C=O) groups is 1. The van der Waals surface area contributed by atoms with Gasteiger partial charge in [-0.15, -0.1) is 0 Å². The zero-order chi connectivity index (χ0) is 16.1. The SMILES string of the molecule is O=C(CCCn1cccc1)NC1CCN(c2ncccc2F)C1. The van der Waals surface area contributed by atoms with Crippen molar-refractivity contribution in [1.82, 2.24) is 14.9 Å². The Bertz CT molecular complexity index is 644. The Balaban J connectivity index is 1.42. The zero-order valence-electron chi connectivity index (χ0n) is 13.0. The first kappa shape index (κ1) is 15.5. The molecule has 3 rings (SSSR count). The van der Waals surface area contributed by atoms with Crippen molar-refractivity contribution in [2.24, 2.45) is 0 Å². The number of nitrogens with one attached hydrogen (secondary N) is 1. The summed E-state index contributed by atoms with van der Waals surface area (Å²) in [7, 11) is 0. The number of rotatable bonds is 6. The Morgan fingerprint density at radius 3 is 2.96 bits per heavy atom. The fourth-order valence-electron chi connectivity index (χ4n) is 2.92. The van der Waals surface area contributed by atoms with E-state index < -0.39 is 0 Å². The van der Waals surface area contributed by atoms with Crippen molar-refractivity contribution in [3.8, 4) is 0 Å². The summed E-state index contributed by atoms with van der Waals surface area (Å²) in [6.07, 6.45) is 7.71. The Morgan fingerprint density at radius 1 is 1.35 bits per heavy atom. The van der Waals surface area contributed by atoms with Gasteiger partial charge in [-0.2, -0.15) is 0 Å². The van der Waals surface area contributed by atoms with Crippen LogP contribution in [0, 0.1) is 5.82 Å². The average molecular weight is 316 g/mol. The standard InChI is InChI=1S/C17H21FN4O/c18-15-5-3-8-19-17(15)22-12-7-14(13-22)20-16(23)6-4-11-21-9-1-2-10-21/h1-3,5,8-10,14H,4,6-7,11-13H2,(H,20,23). The fourth-order valence-corrected chi connectivity index (χ4v) is 2.92. The smallest absolute Gasteiger partial charge is 0.220 e. The van der Waals surface area contributed by atoms with E-state index in [9.17, 15) is 9.18 Å². The van der Waals surface area contributed by atoms with Gasteiger partial charge in [0, 0.05) is 50.7 Å². The van der Waals surface area contributed by atoms with Gasteiger partial charge in [0.1, 0.15) is 0 Å². The van der Waals surface area contributed by atoms with Crippen LogP contribution in [-0.2, 0) is 11.3 Å². The minimum absolute atomic E-state index is 0.0606. The molecule has 5 nitrogen and oxygen atoms in total. The third-order valence-corrected chi connectivity index (χ3v) is 4.08. The third kappa shape index (κ3) is 4.09. The third-order valence-electron chi connectivity index (χ3n) is 4.08. The number of carbonyl (C=O) groups excluding carboxylic acids is 1. The van der Waals surface area contributed by atoms with Crippen LogP contribution in [-0.4, -0.2) is 34.6 Å². The van der Waals surface area contributed by atoms with Gasteiger partial charge in [0.15, 0.2) is 11.6 Å². The molecule has 1 saturated heterocycles. The molecule has 1 fully saturated rings. The van der Waals surface area contributed by atoms with Gasteiger partial charge < -0.3 is 14.8 Å². The van der Waals surface area contributed by atoms with Crippen molar-refractivity contribution in [2.75, 3.05) is 18.0 Å². The molecule has 1 atom stereocenters. The molecule has 2 aromatic heterocycles. The molecule has 0 spiro atoms. The number of hydrogen-bond donors (Lipinski definition) is 1. The number of amides is 1. The molecule has 1 N–H and O–H groups in total. The first-order valence-electron chi connectivity index (χ1n) is 7.98. The van der Waals surface area contributed by atoms with Crippen LogP contribution in [0.5, 0.6) is 0 Å². The van der Waals surface area contributed by atoms with Crippen molar-refractivity contribution in [3.05, 3.63) is 48.7 Å². The lowest BCUT2D eigenvalue weighted by molar-refractivity contribution is -0.121. The molecule has 0 radical (unpaired) electrons. The van der Waals surface area contributed by atoms with Crippen LogP contribution in [0.2, 0.25) is 0 Å². The largest absolute Gasteiger partial charge is 0.354 e. The summed E-state index contributed by atoms with van der Waals surface area (Å²) in [6.45, 7) is 2.16. The normalized spacial score (nSPS) is 17.4. The fraction of sp³-hybridized carbons (Fsp3) is 0.412. The van der Waals surface area contributed by atoms with Crippen LogP contribution in [0.15, 0.2) is 42.9 Å². The van der Waals surface area contributed by atoms with E-state index in [0.29, 0.717) is 25.3 Å². The van der Waals surface area contributed by atoms with Crippen molar-refractivity contribution in [3.63, 3.8) is 0 Å². The Labute approximate surface area is 135 Å². The first-order valence-corrected chi connectivity index (χ1v) is 7.98. The number of aromatic nitrogens is 2. The molecule has 1 unspecified atom stereocenters. The lowest BCUT2D eigenvalue weighted by atomic mass is 10.2. The summed E-state index contributed by atoms with van der Waals surface area (Å²) in [4.78, 5) is 18.0. The van der Waals surface area contributed by atoms with Crippen molar-refractivity contribution < 1.29 is 9.18 Å². The van der Waals surface area contributed by atoms with Crippen LogP contribution >= 0.6 is 0 Å². The van der Waals surface area contributed by atoms with Gasteiger partial charge >= 0.3 is 0 Å². The molecular formula is C17H21FN4O. The second kappa shape index (κ2) is 7.26. The minimum Gasteiger partial charge on any atom is -0.354 e. The van der Waals surface area contributed by atoms with Crippen LogP contribution in [0.1, 0.15) is 19.3 Å². The highest BCUT2D eigenvalue weighted by Crippen LogP contribution is 2.20. The highest BCUT2D eigenvalue weighted by atomic mass is 19.1. The number of hydrogen-bond acceptors (Lipinski definition) is 3. The van der Waals surface area contributed by atoms with E-state index in [0.717, 1.165) is 19.4 Å². The Hall–Kier alpha value is -2.37. The predicted molar refractivity (Wildman–Crippen MR) is 86.6 cm³/mol. The molecule has 122 valence electrons. The quantitative estimate of drug-likeness (QED) is 0.889. The maximum Gasteiger partial charge on any atom is 0.220 e. The van der Waals surface area contributed by atoms with Gasteiger partial charge in [-0.3, -0.25) is 4.79 Å². The number of anilines is 1. The number of nitrogens with zero attached hydrogens (tertiary/aromatic N) is 3. The maximum atomic E-state index is 13.7. The van der Waals surface area contributed by atoms with E-state index in [1.54, 1.807) is 12.3 Å². The molecule has 3 heterocycles. The maximum absolute atomic E-state index is 13.7. The highest BCUT2D eigenvalue weighted by molar-refractivity contribution is 5.76. The van der Waals surface area contributed by atoms with E-state index in [-0.39, 0.29) is 17.8 Å². The average Bonchev–Trinajstić information content (AvgIpc) is 3.20. The molecule has 0 aromatic carbocycles. The van der Waals surface area contributed by atoms with Crippen LogP contribution < -0.4 is 10.2 Å². The van der Waals surface area contributed by atoms with Gasteiger partial charge in [-0.05, 0) is 37.1 Å². The van der Waals surface area contributed by atoms with Crippen molar-refractivity contribution >= 4 is 11.7 Å². The van der Waals surface area contributed by atoms with E-state index in [2.05, 4.69) is 14.9 Å². The zero-order valence-corrected chi connectivity index (χ0v) is 13.0. The molecule has 2 aromatic rings. The van der Waals surface area contributed by atoms with Crippen LogP contribution in [0.3, 0.4) is 0 Å². The molecule has 23 heavy (non-hydrogen) atoms. The highest BCUT2D eigenvalue weighted by Gasteiger charge is 2.26. The van der Waals surface area contributed by atoms with Gasteiger partial charge in [-0.25, -0.2) is 9.37 Å². The monoisotopic (exact) mass is 316 g/mol. The minimum atomic E-state index is -0.314. The van der Waals surface area contributed by atoms with E-state index in [1.165, 1.54) is 6.07 Å². The van der Waals surface area contributed by atoms with Gasteiger partial charge in [0.05, 0.1) is 0 Å². The molecule has 0 saturated carbocycles. The van der Waals surface area contributed by atoms with E-state index in [4.69, 9.17) is 0 Å². The summed E-state index contributed by atoms with van der Waals surface area (Å²) < 4.78 is 15.8.